The molecule has 2 aromatic carbocycles. The number of carbonyl (C=O) groups is 1. The predicted octanol–water partition coefficient (Wildman–Crippen LogP) is 8.31. The molecular weight excluding hydrogens is 501 g/mol. The number of thioether (sulfide) groups is 1. The van der Waals surface area contributed by atoms with Crippen LogP contribution in [0.15, 0.2) is 64.3 Å². The number of halogens is 1. The van der Waals surface area contributed by atoms with Crippen molar-refractivity contribution in [2.75, 3.05) is 23.5 Å². The first kappa shape index (κ1) is 28.4. The molecule has 0 aliphatic carbocycles. The molecule has 0 aromatic heterocycles. The zero-order valence-electron chi connectivity index (χ0n) is 21.1. The Balaban J connectivity index is 2.22. The zero-order valence-corrected chi connectivity index (χ0v) is 22.7. The molecule has 0 fully saturated rings. The van der Waals surface area contributed by atoms with Gasteiger partial charge in [0.05, 0.1) is 15.5 Å². The summed E-state index contributed by atoms with van der Waals surface area (Å²) in [4.78, 5) is 14.0. The number of nitrogens with zero attached hydrogens (tertiary/aromatic N) is 1. The molecule has 0 atom stereocenters. The van der Waals surface area contributed by atoms with Crippen molar-refractivity contribution in [2.45, 2.75) is 62.2 Å². The van der Waals surface area contributed by atoms with Crippen LogP contribution in [0.5, 0.6) is 5.75 Å². The smallest absolute Gasteiger partial charge is 0.368 e. The molecule has 0 saturated heterocycles. The SMILES string of the molecule is CCCCC1(CCCC)CN(c2ccccc2)c2cc(SC)c(OC=C(F)C(=O)O)cc2S(O)(O)C1. The van der Waals surface area contributed by atoms with Crippen molar-refractivity contribution in [3.63, 3.8) is 0 Å². The molecule has 0 amide bonds. The van der Waals surface area contributed by atoms with Crippen LogP contribution in [0.3, 0.4) is 0 Å². The number of fused-ring (bicyclic) bond motifs is 1. The van der Waals surface area contributed by atoms with Crippen LogP contribution in [0.25, 0.3) is 0 Å². The van der Waals surface area contributed by atoms with E-state index in [1.165, 1.54) is 17.8 Å². The van der Waals surface area contributed by atoms with E-state index < -0.39 is 22.4 Å². The second-order valence-corrected chi connectivity index (χ2v) is 12.2. The summed E-state index contributed by atoms with van der Waals surface area (Å²) in [6.07, 6.45) is 8.13. The van der Waals surface area contributed by atoms with Gasteiger partial charge < -0.3 is 14.7 Å². The van der Waals surface area contributed by atoms with Crippen molar-refractivity contribution in [3.05, 3.63) is 54.6 Å². The lowest BCUT2D eigenvalue weighted by molar-refractivity contribution is -0.134. The van der Waals surface area contributed by atoms with Crippen molar-refractivity contribution in [2.24, 2.45) is 5.41 Å². The number of carboxylic acid groups (broad SMARTS) is 1. The fourth-order valence-electron chi connectivity index (χ4n) is 4.76. The summed E-state index contributed by atoms with van der Waals surface area (Å²) >= 11 is 1.36. The van der Waals surface area contributed by atoms with Gasteiger partial charge >= 0.3 is 5.97 Å². The third kappa shape index (κ3) is 6.56. The number of ether oxygens (including phenoxy) is 1. The van der Waals surface area contributed by atoms with Gasteiger partial charge in [-0.25, -0.2) is 4.79 Å². The molecule has 36 heavy (non-hydrogen) atoms. The Morgan fingerprint density at radius 2 is 1.81 bits per heavy atom. The number of carboxylic acids is 1. The highest BCUT2D eigenvalue weighted by atomic mass is 32.3. The molecule has 3 rings (SSSR count). The van der Waals surface area contributed by atoms with Gasteiger partial charge in [0, 0.05) is 29.5 Å². The van der Waals surface area contributed by atoms with Crippen LogP contribution in [0, 0.1) is 5.41 Å². The third-order valence-electron chi connectivity index (χ3n) is 6.57. The molecule has 1 heterocycles. The van der Waals surface area contributed by atoms with Gasteiger partial charge in [-0.3, -0.25) is 9.11 Å². The lowest BCUT2D eigenvalue weighted by Crippen LogP contribution is -2.37. The Hall–Kier alpha value is -2.20. The van der Waals surface area contributed by atoms with E-state index in [0.29, 0.717) is 28.3 Å². The van der Waals surface area contributed by atoms with Crippen LogP contribution in [0.2, 0.25) is 0 Å². The summed E-state index contributed by atoms with van der Waals surface area (Å²) in [5.41, 5.74) is 1.32. The molecule has 0 unspecified atom stereocenters. The first-order chi connectivity index (χ1) is 17.2. The molecule has 3 N–H and O–H groups in total. The van der Waals surface area contributed by atoms with Crippen molar-refractivity contribution in [3.8, 4) is 5.75 Å². The molecule has 0 bridgehead atoms. The van der Waals surface area contributed by atoms with Gasteiger partial charge in [-0.1, -0.05) is 57.7 Å². The van der Waals surface area contributed by atoms with Crippen molar-refractivity contribution >= 4 is 39.7 Å². The molecule has 1 aliphatic heterocycles. The van der Waals surface area contributed by atoms with E-state index >= 15 is 0 Å². The van der Waals surface area contributed by atoms with Gasteiger partial charge in [0.15, 0.2) is 0 Å². The van der Waals surface area contributed by atoms with E-state index in [0.717, 1.165) is 44.2 Å². The monoisotopic (exact) mass is 537 g/mol. The predicted molar refractivity (Wildman–Crippen MR) is 147 cm³/mol. The number of anilines is 2. The number of rotatable bonds is 11. The average molecular weight is 538 g/mol. The normalized spacial score (nSPS) is 17.7. The van der Waals surface area contributed by atoms with Crippen LogP contribution in [0.4, 0.5) is 15.8 Å². The van der Waals surface area contributed by atoms with E-state index in [-0.39, 0.29) is 16.9 Å². The van der Waals surface area contributed by atoms with Gasteiger partial charge in [0.1, 0.15) is 12.0 Å². The number of hydrogen-bond acceptors (Lipinski definition) is 6. The van der Waals surface area contributed by atoms with Gasteiger partial charge in [0.2, 0.25) is 5.83 Å². The average Bonchev–Trinajstić information content (AvgIpc) is 2.96. The Bertz CT molecular complexity index is 1070. The number of para-hydroxylation sites is 1. The Labute approximate surface area is 218 Å². The highest BCUT2D eigenvalue weighted by Crippen LogP contribution is 2.62. The maximum Gasteiger partial charge on any atom is 0.368 e. The Morgan fingerprint density at radius 3 is 2.36 bits per heavy atom. The molecular formula is C27H36FNO5S2. The Morgan fingerprint density at radius 1 is 1.17 bits per heavy atom. The minimum Gasteiger partial charge on any atom is -0.476 e. The van der Waals surface area contributed by atoms with Crippen LogP contribution < -0.4 is 9.64 Å². The van der Waals surface area contributed by atoms with Crippen molar-refractivity contribution in [1.29, 1.82) is 0 Å². The third-order valence-corrected chi connectivity index (χ3v) is 9.38. The minimum absolute atomic E-state index is 0.181. The van der Waals surface area contributed by atoms with Crippen LogP contribution in [0.1, 0.15) is 52.4 Å². The lowest BCUT2D eigenvalue weighted by atomic mass is 9.79. The number of unbranched alkanes of at least 4 members (excludes halogenated alkanes) is 2. The fraction of sp³-hybridized carbons (Fsp3) is 0.444. The number of aliphatic carboxylic acids is 1. The molecule has 0 radical (unpaired) electrons. The molecule has 0 spiro atoms. The van der Waals surface area contributed by atoms with Crippen LogP contribution in [-0.4, -0.2) is 38.7 Å². The highest BCUT2D eigenvalue weighted by molar-refractivity contribution is 8.24. The summed E-state index contributed by atoms with van der Waals surface area (Å²) in [6, 6.07) is 13.3. The molecule has 6 nitrogen and oxygen atoms in total. The van der Waals surface area contributed by atoms with E-state index in [1.54, 1.807) is 0 Å². The number of benzene rings is 2. The molecule has 2 aromatic rings. The van der Waals surface area contributed by atoms with Crippen LogP contribution >= 0.6 is 22.4 Å². The highest BCUT2D eigenvalue weighted by Gasteiger charge is 2.42. The van der Waals surface area contributed by atoms with Gasteiger partial charge in [-0.15, -0.1) is 11.8 Å². The topological polar surface area (TPSA) is 90.2 Å². The lowest BCUT2D eigenvalue weighted by Gasteiger charge is -2.42. The summed E-state index contributed by atoms with van der Waals surface area (Å²) < 4.78 is 42.3. The summed E-state index contributed by atoms with van der Waals surface area (Å²) in [7, 11) is -3.25. The summed E-state index contributed by atoms with van der Waals surface area (Å²) in [5.74, 6) is -2.76. The zero-order chi connectivity index (χ0) is 26.3. The molecule has 1 aliphatic rings. The quantitative estimate of drug-likeness (QED) is 0.151. The first-order valence-corrected chi connectivity index (χ1v) is 15.2. The second-order valence-electron chi connectivity index (χ2n) is 9.30. The van der Waals surface area contributed by atoms with E-state index in [1.807, 2.05) is 42.7 Å². The first-order valence-electron chi connectivity index (χ1n) is 12.2. The van der Waals surface area contributed by atoms with Gasteiger partial charge in [0.25, 0.3) is 0 Å². The van der Waals surface area contributed by atoms with Gasteiger partial charge in [-0.05, 0) is 37.3 Å². The number of hydrogen-bond donors (Lipinski definition) is 3. The van der Waals surface area contributed by atoms with E-state index in [2.05, 4.69) is 18.7 Å². The summed E-state index contributed by atoms with van der Waals surface area (Å²) in [5, 5.41) is 8.85. The maximum atomic E-state index is 13.7. The van der Waals surface area contributed by atoms with E-state index in [9.17, 15) is 18.3 Å². The Kier molecular flexibility index (Phi) is 9.74. The minimum atomic E-state index is -3.25. The van der Waals surface area contributed by atoms with Crippen LogP contribution in [-0.2, 0) is 4.79 Å². The standard InChI is InChI=1S/C27H36FNO5S2/c1-4-6-13-27(14-7-5-2)18-29(20-11-9-8-10-12-20)22-15-24(35-3)23(34-17-21(28)26(30)31)16-25(22)36(32,33)19-27/h8-12,15-17,32-33H,4-7,13-14,18-19H2,1-3H3,(H,30,31). The van der Waals surface area contributed by atoms with Crippen molar-refractivity contribution < 1.29 is 28.1 Å². The largest absolute Gasteiger partial charge is 0.476 e. The molecule has 0 saturated carbocycles. The van der Waals surface area contributed by atoms with E-state index in [4.69, 9.17) is 9.84 Å². The second kappa shape index (κ2) is 12.4. The fourth-order valence-corrected chi connectivity index (χ4v) is 7.49. The molecule has 9 heteroatoms. The van der Waals surface area contributed by atoms with Crippen molar-refractivity contribution in [1.82, 2.24) is 0 Å². The maximum absolute atomic E-state index is 13.7. The molecule has 198 valence electrons. The van der Waals surface area contributed by atoms with Gasteiger partial charge in [-0.2, -0.15) is 15.0 Å². The summed E-state index contributed by atoms with van der Waals surface area (Å²) in [6.45, 7) is 4.93.